The molecule has 1 aromatic heterocycles. The molecule has 1 heterocycles. The molecule has 0 bridgehead atoms. The molecule has 3 rings (SSSR count). The molecular weight excluding hydrogens is 306 g/mol. The number of fused-ring (bicyclic) bond motifs is 1. The number of halogens is 3. The van der Waals surface area contributed by atoms with Crippen molar-refractivity contribution in [1.29, 1.82) is 0 Å². The highest BCUT2D eigenvalue weighted by atomic mass is 35.5. The first-order valence-corrected chi connectivity index (χ1v) is 6.59. The van der Waals surface area contributed by atoms with E-state index in [0.29, 0.717) is 10.5 Å². The predicted octanol–water partition coefficient (Wildman–Crippen LogP) is 5.13. The zero-order valence-corrected chi connectivity index (χ0v) is 11.8. The minimum atomic E-state index is -0.626. The van der Waals surface area contributed by atoms with Gasteiger partial charge in [-0.25, -0.2) is 4.39 Å². The Morgan fingerprint density at radius 3 is 2.42 bits per heavy atom. The van der Waals surface area contributed by atoms with Gasteiger partial charge in [0.25, 0.3) is 0 Å². The van der Waals surface area contributed by atoms with E-state index >= 15 is 0 Å². The summed E-state index contributed by atoms with van der Waals surface area (Å²) in [4.78, 5) is 3.08. The number of nitrogens with one attached hydrogen (secondary N) is 1. The fourth-order valence-corrected chi connectivity index (χ4v) is 2.77. The van der Waals surface area contributed by atoms with Crippen molar-refractivity contribution in [2.75, 3.05) is 0 Å². The maximum atomic E-state index is 13.5. The molecule has 96 valence electrons. The third kappa shape index (κ3) is 2.06. The van der Waals surface area contributed by atoms with Crippen LogP contribution in [0.2, 0.25) is 10.0 Å². The van der Waals surface area contributed by atoms with E-state index in [-0.39, 0.29) is 10.0 Å². The Morgan fingerprint density at radius 2 is 1.74 bits per heavy atom. The van der Waals surface area contributed by atoms with Crippen molar-refractivity contribution in [1.82, 2.24) is 9.55 Å². The fourth-order valence-electron chi connectivity index (χ4n) is 1.98. The van der Waals surface area contributed by atoms with E-state index in [2.05, 4.69) is 4.98 Å². The van der Waals surface area contributed by atoms with Crippen molar-refractivity contribution in [2.45, 2.75) is 0 Å². The van der Waals surface area contributed by atoms with Crippen LogP contribution in [0.4, 0.5) is 4.39 Å². The van der Waals surface area contributed by atoms with E-state index < -0.39 is 5.82 Å². The Kier molecular flexibility index (Phi) is 3.09. The molecule has 6 heteroatoms. The number of aromatic amines is 1. The van der Waals surface area contributed by atoms with Gasteiger partial charge in [0.2, 0.25) is 0 Å². The maximum absolute atomic E-state index is 13.5. The van der Waals surface area contributed by atoms with Gasteiger partial charge >= 0.3 is 0 Å². The first kappa shape index (κ1) is 12.7. The molecule has 1 N–H and O–H groups in total. The van der Waals surface area contributed by atoms with Crippen LogP contribution in [-0.4, -0.2) is 9.55 Å². The minimum absolute atomic E-state index is 0.0327. The summed E-state index contributed by atoms with van der Waals surface area (Å²) in [6.45, 7) is 0. The topological polar surface area (TPSA) is 20.7 Å². The summed E-state index contributed by atoms with van der Waals surface area (Å²) < 4.78 is 15.7. The number of imidazole rings is 1. The molecule has 0 aliphatic carbocycles. The van der Waals surface area contributed by atoms with Crippen LogP contribution < -0.4 is 0 Å². The first-order chi connectivity index (χ1) is 9.08. The molecule has 0 amide bonds. The zero-order chi connectivity index (χ0) is 13.6. The lowest BCUT2D eigenvalue weighted by Gasteiger charge is -2.07. The van der Waals surface area contributed by atoms with Crippen molar-refractivity contribution >= 4 is 46.5 Å². The Balaban J connectivity index is 2.36. The molecule has 0 spiro atoms. The normalized spacial score (nSPS) is 11.1. The third-order valence-corrected chi connectivity index (χ3v) is 3.65. The van der Waals surface area contributed by atoms with Crippen molar-refractivity contribution in [3.63, 3.8) is 0 Å². The molecule has 0 unspecified atom stereocenters. The summed E-state index contributed by atoms with van der Waals surface area (Å²) in [5.41, 5.74) is 2.40. The van der Waals surface area contributed by atoms with E-state index in [4.69, 9.17) is 35.4 Å². The lowest BCUT2D eigenvalue weighted by atomic mass is 10.2. The summed E-state index contributed by atoms with van der Waals surface area (Å²) in [7, 11) is 0. The summed E-state index contributed by atoms with van der Waals surface area (Å²) in [6.07, 6.45) is 0. The van der Waals surface area contributed by atoms with Gasteiger partial charge in [-0.3, -0.25) is 4.57 Å². The van der Waals surface area contributed by atoms with Gasteiger partial charge in [0.05, 0.1) is 26.8 Å². The number of benzene rings is 2. The largest absolute Gasteiger partial charge is 0.330 e. The highest BCUT2D eigenvalue weighted by Gasteiger charge is 2.11. The second kappa shape index (κ2) is 4.63. The number of para-hydroxylation sites is 2. The summed E-state index contributed by atoms with van der Waals surface area (Å²) >= 11 is 16.9. The highest BCUT2D eigenvalue weighted by Crippen LogP contribution is 2.28. The van der Waals surface area contributed by atoms with Gasteiger partial charge in [-0.1, -0.05) is 35.3 Å². The minimum Gasteiger partial charge on any atom is -0.330 e. The lowest BCUT2D eigenvalue weighted by molar-refractivity contribution is 0.628. The van der Waals surface area contributed by atoms with E-state index in [0.717, 1.165) is 11.0 Å². The number of rotatable bonds is 1. The van der Waals surface area contributed by atoms with Crippen LogP contribution in [0, 0.1) is 10.6 Å². The Hall–Kier alpha value is -1.36. The van der Waals surface area contributed by atoms with Gasteiger partial charge in [0.1, 0.15) is 0 Å². The second-order valence-electron chi connectivity index (χ2n) is 4.01. The number of nitrogens with zero attached hydrogens (tertiary/aromatic N) is 1. The first-order valence-electron chi connectivity index (χ1n) is 5.42. The van der Waals surface area contributed by atoms with E-state index in [1.54, 1.807) is 4.57 Å². The van der Waals surface area contributed by atoms with E-state index in [1.165, 1.54) is 12.1 Å². The predicted molar refractivity (Wildman–Crippen MR) is 78.4 cm³/mol. The van der Waals surface area contributed by atoms with Gasteiger partial charge < -0.3 is 4.98 Å². The van der Waals surface area contributed by atoms with Gasteiger partial charge in [-0.15, -0.1) is 0 Å². The van der Waals surface area contributed by atoms with Crippen LogP contribution in [0.3, 0.4) is 0 Å². The van der Waals surface area contributed by atoms with E-state index in [1.807, 2.05) is 24.3 Å². The number of H-pyrrole nitrogens is 1. The van der Waals surface area contributed by atoms with Crippen LogP contribution in [0.1, 0.15) is 0 Å². The molecule has 0 fully saturated rings. The van der Waals surface area contributed by atoms with Gasteiger partial charge in [-0.2, -0.15) is 0 Å². The standard InChI is InChI=1S/C13H7Cl2FN2S/c14-8-5-7(6-9(15)12(8)16)18-11-4-2-1-3-10(11)17-13(18)19/h1-6H,(H,17,19). The molecule has 0 aliphatic heterocycles. The molecule has 0 saturated carbocycles. The molecule has 0 saturated heterocycles. The van der Waals surface area contributed by atoms with Crippen LogP contribution in [0.25, 0.3) is 16.7 Å². The fraction of sp³-hybridized carbons (Fsp3) is 0. The highest BCUT2D eigenvalue weighted by molar-refractivity contribution is 7.71. The average molecular weight is 313 g/mol. The molecule has 3 aromatic rings. The van der Waals surface area contributed by atoms with Crippen LogP contribution in [0.5, 0.6) is 0 Å². The van der Waals surface area contributed by atoms with Crippen molar-refractivity contribution in [2.24, 2.45) is 0 Å². The number of hydrogen-bond donors (Lipinski definition) is 1. The molecule has 2 nitrogen and oxygen atoms in total. The van der Waals surface area contributed by atoms with Crippen LogP contribution in [0.15, 0.2) is 36.4 Å². The Morgan fingerprint density at radius 1 is 1.11 bits per heavy atom. The second-order valence-corrected chi connectivity index (χ2v) is 5.21. The van der Waals surface area contributed by atoms with Gasteiger partial charge in [-0.05, 0) is 36.5 Å². The van der Waals surface area contributed by atoms with Crippen molar-refractivity contribution in [3.05, 3.63) is 57.0 Å². The Labute approximate surface area is 123 Å². The average Bonchev–Trinajstić information content (AvgIpc) is 2.71. The molecule has 2 aromatic carbocycles. The SMILES string of the molecule is Fc1c(Cl)cc(-n2c(=S)[nH]c3ccccc32)cc1Cl. The quantitative estimate of drug-likeness (QED) is 0.487. The molecule has 0 aliphatic rings. The third-order valence-electron chi connectivity index (χ3n) is 2.82. The zero-order valence-electron chi connectivity index (χ0n) is 9.45. The smallest absolute Gasteiger partial charge is 0.182 e. The maximum Gasteiger partial charge on any atom is 0.182 e. The summed E-state index contributed by atoms with van der Waals surface area (Å²) in [5, 5.41) is -0.0654. The number of aromatic nitrogens is 2. The molecular formula is C13H7Cl2FN2S. The lowest BCUT2D eigenvalue weighted by Crippen LogP contribution is -1.95. The summed E-state index contributed by atoms with van der Waals surface area (Å²) in [5.74, 6) is -0.626. The monoisotopic (exact) mass is 312 g/mol. The van der Waals surface area contributed by atoms with Crippen molar-refractivity contribution in [3.8, 4) is 5.69 Å². The van der Waals surface area contributed by atoms with E-state index in [9.17, 15) is 4.39 Å². The van der Waals surface area contributed by atoms with Gasteiger partial charge in [0.15, 0.2) is 10.6 Å². The summed E-state index contributed by atoms with van der Waals surface area (Å²) in [6, 6.07) is 10.6. The van der Waals surface area contributed by atoms with Crippen LogP contribution >= 0.6 is 35.4 Å². The van der Waals surface area contributed by atoms with Gasteiger partial charge in [0, 0.05) is 0 Å². The van der Waals surface area contributed by atoms with Crippen LogP contribution in [-0.2, 0) is 0 Å². The molecule has 0 atom stereocenters. The molecule has 0 radical (unpaired) electrons. The number of hydrogen-bond acceptors (Lipinski definition) is 1. The Bertz CT molecular complexity index is 815. The van der Waals surface area contributed by atoms with Crippen molar-refractivity contribution < 1.29 is 4.39 Å². The molecule has 19 heavy (non-hydrogen) atoms.